The lowest BCUT2D eigenvalue weighted by Crippen LogP contribution is -1.82. The smallest absolute Gasteiger partial charge is 0.116 e. The van der Waals surface area contributed by atoms with Gasteiger partial charge >= 0.3 is 0 Å². The summed E-state index contributed by atoms with van der Waals surface area (Å²) in [5.41, 5.74) is 1.71. The quantitative estimate of drug-likeness (QED) is 0.795. The van der Waals surface area contributed by atoms with Crippen molar-refractivity contribution >= 4 is 28.8 Å². The maximum Gasteiger partial charge on any atom is 0.116 e. The van der Waals surface area contributed by atoms with Crippen molar-refractivity contribution in [3.05, 3.63) is 34.3 Å². The minimum atomic E-state index is 0.220. The van der Waals surface area contributed by atoms with Gasteiger partial charge in [0.2, 0.25) is 0 Å². The first kappa shape index (κ1) is 10.4. The molecular weight excluding hydrogens is 207 g/mol. The van der Waals surface area contributed by atoms with Crippen LogP contribution in [0.25, 0.3) is 5.57 Å². The van der Waals surface area contributed by atoms with Crippen molar-refractivity contribution in [3.63, 3.8) is 0 Å². The Labute approximate surface area is 87.6 Å². The van der Waals surface area contributed by atoms with E-state index in [-0.39, 0.29) is 10.2 Å². The van der Waals surface area contributed by atoms with E-state index >= 15 is 0 Å². The summed E-state index contributed by atoms with van der Waals surface area (Å²) in [6.45, 7) is 1.96. The van der Waals surface area contributed by atoms with Crippen LogP contribution in [0.2, 0.25) is 0 Å². The van der Waals surface area contributed by atoms with E-state index in [9.17, 15) is 5.11 Å². The molecule has 1 rings (SSSR count). The Kier molecular flexibility index (Phi) is 3.64. The van der Waals surface area contributed by atoms with E-state index in [1.807, 2.05) is 13.0 Å². The molecule has 0 saturated carbocycles. The highest BCUT2D eigenvalue weighted by molar-refractivity contribution is 6.58. The van der Waals surface area contributed by atoms with Crippen LogP contribution in [0.5, 0.6) is 5.75 Å². The molecule has 0 aliphatic heterocycles. The highest BCUT2D eigenvalue weighted by Crippen LogP contribution is 2.28. The van der Waals surface area contributed by atoms with Crippen molar-refractivity contribution in [1.82, 2.24) is 0 Å². The minimum absolute atomic E-state index is 0.220. The number of phenolic OH excluding ortho intramolecular Hbond substituents is 1. The van der Waals surface area contributed by atoms with E-state index in [1.165, 1.54) is 0 Å². The van der Waals surface area contributed by atoms with Gasteiger partial charge in [0.15, 0.2) is 0 Å². The second-order valence-corrected chi connectivity index (χ2v) is 3.59. The minimum Gasteiger partial charge on any atom is -0.508 e. The van der Waals surface area contributed by atoms with E-state index in [2.05, 4.69) is 0 Å². The van der Waals surface area contributed by atoms with Gasteiger partial charge in [0.25, 0.3) is 0 Å². The van der Waals surface area contributed by atoms with Gasteiger partial charge in [-0.25, -0.2) is 0 Å². The molecule has 70 valence electrons. The number of phenols is 1. The maximum absolute atomic E-state index is 9.23. The summed E-state index contributed by atoms with van der Waals surface area (Å²) in [4.78, 5) is 0. The molecule has 0 heterocycles. The molecule has 13 heavy (non-hydrogen) atoms. The summed E-state index contributed by atoms with van der Waals surface area (Å²) in [7, 11) is 0. The molecule has 1 N–H and O–H groups in total. The fourth-order valence-corrected chi connectivity index (χ4v) is 1.63. The second-order valence-electron chi connectivity index (χ2n) is 2.64. The second kappa shape index (κ2) is 4.54. The summed E-state index contributed by atoms with van der Waals surface area (Å²) < 4.78 is 0.258. The van der Waals surface area contributed by atoms with Crippen LogP contribution in [0.3, 0.4) is 0 Å². The fraction of sp³-hybridized carbons (Fsp3) is 0.200. The lowest BCUT2D eigenvalue weighted by atomic mass is 10.1. The Bertz CT molecular complexity index is 327. The van der Waals surface area contributed by atoms with Gasteiger partial charge in [0.1, 0.15) is 10.2 Å². The third-order valence-electron chi connectivity index (χ3n) is 1.78. The molecule has 1 nitrogen and oxygen atoms in total. The molecule has 0 saturated heterocycles. The topological polar surface area (TPSA) is 20.2 Å². The number of rotatable bonds is 2. The van der Waals surface area contributed by atoms with Crippen LogP contribution in [0.15, 0.2) is 28.8 Å². The first-order valence-corrected chi connectivity index (χ1v) is 4.74. The molecule has 0 radical (unpaired) electrons. The maximum atomic E-state index is 9.23. The standard InChI is InChI=1S/C10H10Cl2O/c1-2-9(10(11)12)7-4-3-5-8(13)6-7/h3-6,13H,2H2,1H3. The summed E-state index contributed by atoms with van der Waals surface area (Å²) in [5, 5.41) is 9.23. The number of allylic oxidation sites excluding steroid dienone is 1. The molecule has 0 unspecified atom stereocenters. The van der Waals surface area contributed by atoms with Crippen molar-refractivity contribution < 1.29 is 5.11 Å². The van der Waals surface area contributed by atoms with Gasteiger partial charge in [-0.3, -0.25) is 0 Å². The molecule has 0 amide bonds. The first-order chi connectivity index (χ1) is 6.15. The van der Waals surface area contributed by atoms with Crippen molar-refractivity contribution in [2.75, 3.05) is 0 Å². The summed E-state index contributed by atoms with van der Waals surface area (Å²) in [6.07, 6.45) is 0.742. The molecule has 0 aliphatic rings. The zero-order chi connectivity index (χ0) is 9.84. The van der Waals surface area contributed by atoms with E-state index in [0.29, 0.717) is 0 Å². The van der Waals surface area contributed by atoms with Crippen molar-refractivity contribution in [2.45, 2.75) is 13.3 Å². The SMILES string of the molecule is CCC(=C(Cl)Cl)c1cccc(O)c1. The van der Waals surface area contributed by atoms with Crippen molar-refractivity contribution in [1.29, 1.82) is 0 Å². The van der Waals surface area contributed by atoms with Crippen LogP contribution < -0.4 is 0 Å². The Morgan fingerprint density at radius 3 is 2.54 bits per heavy atom. The monoisotopic (exact) mass is 216 g/mol. The summed E-state index contributed by atoms with van der Waals surface area (Å²) >= 11 is 11.4. The Balaban J connectivity index is 3.14. The fourth-order valence-electron chi connectivity index (χ4n) is 1.14. The molecule has 0 spiro atoms. The van der Waals surface area contributed by atoms with E-state index < -0.39 is 0 Å². The highest BCUT2D eigenvalue weighted by atomic mass is 35.5. The molecule has 3 heteroatoms. The third kappa shape index (κ3) is 2.64. The van der Waals surface area contributed by atoms with Gasteiger partial charge in [-0.1, -0.05) is 42.3 Å². The Morgan fingerprint density at radius 1 is 1.38 bits per heavy atom. The van der Waals surface area contributed by atoms with Crippen molar-refractivity contribution in [3.8, 4) is 5.75 Å². The average Bonchev–Trinajstić information content (AvgIpc) is 2.04. The Hall–Kier alpha value is -0.660. The normalized spacial score (nSPS) is 9.77. The summed E-state index contributed by atoms with van der Waals surface area (Å²) in [6, 6.07) is 6.88. The number of aromatic hydroxyl groups is 1. The predicted octanol–water partition coefficient (Wildman–Crippen LogP) is 3.95. The third-order valence-corrected chi connectivity index (χ3v) is 2.23. The Morgan fingerprint density at radius 2 is 2.08 bits per heavy atom. The van der Waals surface area contributed by atoms with Crippen LogP contribution in [-0.4, -0.2) is 5.11 Å². The number of hydrogen-bond acceptors (Lipinski definition) is 1. The van der Waals surface area contributed by atoms with Gasteiger partial charge in [0, 0.05) is 0 Å². The first-order valence-electron chi connectivity index (χ1n) is 3.98. The van der Waals surface area contributed by atoms with E-state index in [0.717, 1.165) is 17.6 Å². The molecule has 0 aliphatic carbocycles. The number of hydrogen-bond donors (Lipinski definition) is 1. The number of benzene rings is 1. The van der Waals surface area contributed by atoms with Crippen LogP contribution in [0.4, 0.5) is 0 Å². The molecule has 0 atom stereocenters. The zero-order valence-corrected chi connectivity index (χ0v) is 8.73. The largest absolute Gasteiger partial charge is 0.508 e. The molecule has 0 aromatic heterocycles. The van der Waals surface area contributed by atoms with Crippen LogP contribution in [-0.2, 0) is 0 Å². The van der Waals surface area contributed by atoms with Crippen LogP contribution >= 0.6 is 23.2 Å². The van der Waals surface area contributed by atoms with E-state index in [1.54, 1.807) is 18.2 Å². The number of halogens is 2. The van der Waals surface area contributed by atoms with Gasteiger partial charge in [0.05, 0.1) is 0 Å². The summed E-state index contributed by atoms with van der Waals surface area (Å²) in [5.74, 6) is 0.220. The van der Waals surface area contributed by atoms with Gasteiger partial charge in [-0.15, -0.1) is 0 Å². The van der Waals surface area contributed by atoms with Crippen LogP contribution in [0.1, 0.15) is 18.9 Å². The average molecular weight is 217 g/mol. The lowest BCUT2D eigenvalue weighted by Gasteiger charge is -2.05. The molecule has 0 fully saturated rings. The van der Waals surface area contributed by atoms with E-state index in [4.69, 9.17) is 23.2 Å². The van der Waals surface area contributed by atoms with Gasteiger partial charge in [-0.05, 0) is 29.7 Å². The van der Waals surface area contributed by atoms with Crippen LogP contribution in [0, 0.1) is 0 Å². The van der Waals surface area contributed by atoms with Crippen molar-refractivity contribution in [2.24, 2.45) is 0 Å². The van der Waals surface area contributed by atoms with Gasteiger partial charge in [-0.2, -0.15) is 0 Å². The molecular formula is C10H10Cl2O. The lowest BCUT2D eigenvalue weighted by molar-refractivity contribution is 0.475. The zero-order valence-electron chi connectivity index (χ0n) is 7.22. The molecule has 0 bridgehead atoms. The highest BCUT2D eigenvalue weighted by Gasteiger charge is 2.04. The predicted molar refractivity (Wildman–Crippen MR) is 57.0 cm³/mol. The molecule has 1 aromatic rings. The van der Waals surface area contributed by atoms with Gasteiger partial charge < -0.3 is 5.11 Å². The molecule has 1 aromatic carbocycles.